The number of nitrogens with zero attached hydrogens (tertiary/aromatic N) is 3. The molecule has 2 rings (SSSR count). The highest BCUT2D eigenvalue weighted by atomic mass is 127. The predicted molar refractivity (Wildman–Crippen MR) is 124 cm³/mol. The van der Waals surface area contributed by atoms with Crippen molar-refractivity contribution in [2.24, 2.45) is 10.9 Å². The number of aryl methyl sites for hydroxylation is 1. The quantitative estimate of drug-likeness (QED) is 0.239. The molecule has 0 unspecified atom stereocenters. The van der Waals surface area contributed by atoms with Gasteiger partial charge in [-0.25, -0.2) is 4.98 Å². The van der Waals surface area contributed by atoms with Gasteiger partial charge in [0.1, 0.15) is 0 Å². The lowest BCUT2D eigenvalue weighted by molar-refractivity contribution is 0.192. The van der Waals surface area contributed by atoms with Crippen LogP contribution in [0, 0.1) is 5.92 Å². The Morgan fingerprint density at radius 2 is 2.08 bits per heavy atom. The molecule has 1 aromatic heterocycles. The van der Waals surface area contributed by atoms with Crippen LogP contribution in [0.2, 0.25) is 0 Å². The number of guanidine groups is 1. The average molecular weight is 494 g/mol. The highest BCUT2D eigenvalue weighted by molar-refractivity contribution is 14.0. The largest absolute Gasteiger partial charge is 0.357 e. The summed E-state index contributed by atoms with van der Waals surface area (Å²) < 4.78 is 0. The van der Waals surface area contributed by atoms with Gasteiger partial charge in [0.05, 0.1) is 5.01 Å². The Morgan fingerprint density at radius 3 is 2.73 bits per heavy atom. The molecule has 0 aliphatic carbocycles. The summed E-state index contributed by atoms with van der Waals surface area (Å²) in [6, 6.07) is 0. The molecular weight excluding hydrogens is 457 g/mol. The van der Waals surface area contributed by atoms with Crippen molar-refractivity contribution in [3.05, 3.63) is 16.1 Å². The van der Waals surface area contributed by atoms with E-state index in [-0.39, 0.29) is 24.0 Å². The summed E-state index contributed by atoms with van der Waals surface area (Å²) in [5, 5.41) is 7.98. The second-order valence-electron chi connectivity index (χ2n) is 6.89. The molecule has 1 fully saturated rings. The van der Waals surface area contributed by atoms with E-state index in [2.05, 4.69) is 41.3 Å². The number of hydrogen-bond donors (Lipinski definition) is 2. The fourth-order valence-electron chi connectivity index (χ4n) is 3.03. The third kappa shape index (κ3) is 8.99. The minimum absolute atomic E-state index is 0. The first-order valence-electron chi connectivity index (χ1n) is 9.89. The van der Waals surface area contributed by atoms with Crippen molar-refractivity contribution in [1.29, 1.82) is 0 Å². The monoisotopic (exact) mass is 493 g/mol. The zero-order valence-corrected chi connectivity index (χ0v) is 19.7. The normalized spacial score (nSPS) is 16.3. The standard InChI is InChI=1S/C19H35N5S.HI/c1-4-17-15-23-18(25-17)7-11-22-19(20-5-2)21-10-6-12-24-13-8-16(3)9-14-24;/h15-16H,4-14H2,1-3H3,(H2,20,21,22);1H. The number of piperidine rings is 1. The summed E-state index contributed by atoms with van der Waals surface area (Å²) in [5.41, 5.74) is 0. The lowest BCUT2D eigenvalue weighted by Crippen LogP contribution is -2.38. The molecule has 0 radical (unpaired) electrons. The number of rotatable bonds is 9. The van der Waals surface area contributed by atoms with Crippen molar-refractivity contribution in [3.63, 3.8) is 0 Å². The minimum Gasteiger partial charge on any atom is -0.357 e. The number of thiazole rings is 1. The Morgan fingerprint density at radius 1 is 1.31 bits per heavy atom. The maximum Gasteiger partial charge on any atom is 0.191 e. The molecule has 5 nitrogen and oxygen atoms in total. The van der Waals surface area contributed by atoms with Crippen LogP contribution in [0.25, 0.3) is 0 Å². The third-order valence-corrected chi connectivity index (χ3v) is 5.91. The zero-order chi connectivity index (χ0) is 17.9. The molecule has 1 aliphatic rings. The molecule has 0 bridgehead atoms. The fourth-order valence-corrected chi connectivity index (χ4v) is 3.89. The molecule has 0 spiro atoms. The van der Waals surface area contributed by atoms with Crippen molar-refractivity contribution < 1.29 is 0 Å². The van der Waals surface area contributed by atoms with Crippen molar-refractivity contribution in [1.82, 2.24) is 20.5 Å². The van der Waals surface area contributed by atoms with Gasteiger partial charge < -0.3 is 15.5 Å². The first kappa shape index (κ1) is 23.6. The van der Waals surface area contributed by atoms with Crippen LogP contribution in [0.4, 0.5) is 0 Å². The summed E-state index contributed by atoms with van der Waals surface area (Å²) in [6.45, 7) is 13.0. The summed E-state index contributed by atoms with van der Waals surface area (Å²) >= 11 is 1.82. The molecular formula is C19H36IN5S. The van der Waals surface area contributed by atoms with Crippen LogP contribution in [0.1, 0.15) is 49.9 Å². The van der Waals surface area contributed by atoms with Crippen LogP contribution in [0.5, 0.6) is 0 Å². The Kier molecular flexibility index (Phi) is 12.5. The van der Waals surface area contributed by atoms with Gasteiger partial charge in [-0.15, -0.1) is 35.3 Å². The Hall–Kier alpha value is -0.410. The first-order valence-corrected chi connectivity index (χ1v) is 10.7. The molecule has 1 saturated heterocycles. The molecule has 150 valence electrons. The third-order valence-electron chi connectivity index (χ3n) is 4.70. The first-order chi connectivity index (χ1) is 12.2. The maximum atomic E-state index is 4.72. The van der Waals surface area contributed by atoms with E-state index in [1.54, 1.807) is 0 Å². The van der Waals surface area contributed by atoms with Crippen molar-refractivity contribution in [2.75, 3.05) is 39.3 Å². The number of aromatic nitrogens is 1. The molecule has 1 aliphatic heterocycles. The van der Waals surface area contributed by atoms with Gasteiger partial charge in [0.2, 0.25) is 0 Å². The van der Waals surface area contributed by atoms with Gasteiger partial charge >= 0.3 is 0 Å². The summed E-state index contributed by atoms with van der Waals surface area (Å²) in [4.78, 5) is 13.1. The van der Waals surface area contributed by atoms with E-state index in [0.717, 1.165) is 50.8 Å². The lowest BCUT2D eigenvalue weighted by atomic mass is 9.99. The smallest absolute Gasteiger partial charge is 0.191 e. The van der Waals surface area contributed by atoms with Gasteiger partial charge in [-0.2, -0.15) is 0 Å². The van der Waals surface area contributed by atoms with Crippen LogP contribution in [0.15, 0.2) is 11.2 Å². The number of nitrogens with one attached hydrogen (secondary N) is 2. The van der Waals surface area contributed by atoms with E-state index in [1.165, 1.54) is 42.4 Å². The van der Waals surface area contributed by atoms with Crippen LogP contribution in [-0.4, -0.2) is 55.1 Å². The van der Waals surface area contributed by atoms with E-state index < -0.39 is 0 Å². The Labute approximate surface area is 180 Å². The van der Waals surface area contributed by atoms with Crippen LogP contribution >= 0.6 is 35.3 Å². The zero-order valence-electron chi connectivity index (χ0n) is 16.6. The molecule has 2 heterocycles. The molecule has 7 heteroatoms. The fraction of sp³-hybridized carbons (Fsp3) is 0.789. The second-order valence-corrected chi connectivity index (χ2v) is 8.09. The Bertz CT molecular complexity index is 512. The Balaban J connectivity index is 0.00000338. The molecule has 0 atom stereocenters. The summed E-state index contributed by atoms with van der Waals surface area (Å²) in [6.07, 6.45) is 7.87. The number of aliphatic imine (C=N–C) groups is 1. The predicted octanol–water partition coefficient (Wildman–Crippen LogP) is 3.54. The molecule has 1 aromatic rings. The topological polar surface area (TPSA) is 52.6 Å². The number of halogens is 1. The van der Waals surface area contributed by atoms with Gasteiger partial charge in [-0.3, -0.25) is 4.99 Å². The van der Waals surface area contributed by atoms with Gasteiger partial charge in [0.25, 0.3) is 0 Å². The van der Waals surface area contributed by atoms with Gasteiger partial charge in [0.15, 0.2) is 5.96 Å². The van der Waals surface area contributed by atoms with Crippen LogP contribution in [0.3, 0.4) is 0 Å². The highest BCUT2D eigenvalue weighted by Crippen LogP contribution is 2.16. The second kappa shape index (κ2) is 13.7. The van der Waals surface area contributed by atoms with Crippen LogP contribution in [-0.2, 0) is 12.8 Å². The van der Waals surface area contributed by atoms with Crippen molar-refractivity contribution in [3.8, 4) is 0 Å². The van der Waals surface area contributed by atoms with Gasteiger partial charge in [-0.05, 0) is 58.2 Å². The van der Waals surface area contributed by atoms with E-state index in [1.807, 2.05) is 17.5 Å². The van der Waals surface area contributed by atoms with E-state index in [4.69, 9.17) is 4.99 Å². The number of likely N-dealkylation sites (tertiary alicyclic amines) is 1. The maximum absolute atomic E-state index is 4.72. The SMILES string of the molecule is CCNC(=NCCCN1CCC(C)CC1)NCCc1ncc(CC)s1.I. The van der Waals surface area contributed by atoms with E-state index >= 15 is 0 Å². The van der Waals surface area contributed by atoms with Crippen molar-refractivity contribution >= 4 is 41.3 Å². The minimum atomic E-state index is 0. The molecule has 0 amide bonds. The van der Waals surface area contributed by atoms with E-state index in [0.29, 0.717) is 0 Å². The summed E-state index contributed by atoms with van der Waals surface area (Å²) in [5.74, 6) is 1.84. The van der Waals surface area contributed by atoms with Crippen LogP contribution < -0.4 is 10.6 Å². The van der Waals surface area contributed by atoms with Gasteiger partial charge in [-0.1, -0.05) is 13.8 Å². The summed E-state index contributed by atoms with van der Waals surface area (Å²) in [7, 11) is 0. The molecule has 0 aromatic carbocycles. The van der Waals surface area contributed by atoms with Gasteiger partial charge in [0, 0.05) is 37.1 Å². The molecule has 0 saturated carbocycles. The molecule has 2 N–H and O–H groups in total. The number of hydrogen-bond acceptors (Lipinski definition) is 4. The van der Waals surface area contributed by atoms with E-state index in [9.17, 15) is 0 Å². The lowest BCUT2D eigenvalue weighted by Gasteiger charge is -2.29. The highest BCUT2D eigenvalue weighted by Gasteiger charge is 2.14. The van der Waals surface area contributed by atoms with Crippen molar-refractivity contribution in [2.45, 2.75) is 52.9 Å². The average Bonchev–Trinajstić information content (AvgIpc) is 3.08. The molecule has 26 heavy (non-hydrogen) atoms.